The molecule has 1 aromatic carbocycles. The number of esters is 1. The van der Waals surface area contributed by atoms with Crippen molar-refractivity contribution in [3.63, 3.8) is 0 Å². The lowest BCUT2D eigenvalue weighted by atomic mass is 10.1. The van der Waals surface area contributed by atoms with Gasteiger partial charge in [0.2, 0.25) is 0 Å². The number of anilines is 1. The number of carbonyl (C=O) groups excluding carboxylic acids is 1. The second kappa shape index (κ2) is 6.79. The van der Waals surface area contributed by atoms with Gasteiger partial charge >= 0.3 is 5.97 Å². The van der Waals surface area contributed by atoms with Crippen LogP contribution < -0.4 is 5.32 Å². The maximum absolute atomic E-state index is 12.2. The zero-order valence-corrected chi connectivity index (χ0v) is 13.9. The van der Waals surface area contributed by atoms with E-state index in [2.05, 4.69) is 27.8 Å². The molecule has 2 aromatic heterocycles. The molecule has 1 N–H and O–H groups in total. The lowest BCUT2D eigenvalue weighted by molar-refractivity contribution is 0.0527. The van der Waals surface area contributed by atoms with Crippen LogP contribution >= 0.6 is 11.3 Å². The second-order valence-electron chi connectivity index (χ2n) is 5.20. The molecule has 0 aliphatic carbocycles. The molecule has 0 bridgehead atoms. The van der Waals surface area contributed by atoms with Crippen molar-refractivity contribution in [1.82, 2.24) is 4.98 Å². The molecule has 3 rings (SSSR count). The van der Waals surface area contributed by atoms with Gasteiger partial charge in [-0.1, -0.05) is 30.3 Å². The maximum atomic E-state index is 12.2. The number of rotatable bonds is 5. The van der Waals surface area contributed by atoms with Gasteiger partial charge < -0.3 is 10.1 Å². The largest absolute Gasteiger partial charge is 0.462 e. The van der Waals surface area contributed by atoms with E-state index in [9.17, 15) is 4.79 Å². The number of carbonyl (C=O) groups is 1. The summed E-state index contributed by atoms with van der Waals surface area (Å²) in [6.07, 6.45) is 1.60. The predicted octanol–water partition coefficient (Wildman–Crippen LogP) is 4.39. The Labute approximate surface area is 139 Å². The molecule has 0 amide bonds. The first kappa shape index (κ1) is 15.5. The van der Waals surface area contributed by atoms with Crippen molar-refractivity contribution < 1.29 is 9.53 Å². The Balaban J connectivity index is 2.00. The number of pyridine rings is 1. The summed E-state index contributed by atoms with van der Waals surface area (Å²) in [5, 5.41) is 5.45. The molecule has 5 heteroatoms. The van der Waals surface area contributed by atoms with Crippen LogP contribution in [0.5, 0.6) is 0 Å². The van der Waals surface area contributed by atoms with Crippen molar-refractivity contribution in [2.75, 3.05) is 11.9 Å². The topological polar surface area (TPSA) is 51.2 Å². The number of aryl methyl sites for hydroxylation is 1. The van der Waals surface area contributed by atoms with Crippen LogP contribution in [0, 0.1) is 6.92 Å². The van der Waals surface area contributed by atoms with E-state index >= 15 is 0 Å². The van der Waals surface area contributed by atoms with Gasteiger partial charge in [-0.15, -0.1) is 11.3 Å². The number of thiophene rings is 1. The van der Waals surface area contributed by atoms with Crippen LogP contribution in [0.25, 0.3) is 10.2 Å². The second-order valence-corrected chi connectivity index (χ2v) is 6.08. The molecule has 0 unspecified atom stereocenters. The van der Waals surface area contributed by atoms with Gasteiger partial charge in [0.15, 0.2) is 0 Å². The van der Waals surface area contributed by atoms with Crippen molar-refractivity contribution in [2.24, 2.45) is 0 Å². The SMILES string of the molecule is CCOC(=O)c1cnc2c(C)csc2c1NCc1ccccc1. The standard InChI is InChI=1S/C18H18N2O2S/c1-3-22-18(21)14-10-20-15-12(2)11-23-17(15)16(14)19-9-13-7-5-4-6-8-13/h4-8,10-11H,3,9H2,1-2H3,(H,19,20). The van der Waals surface area contributed by atoms with Crippen molar-refractivity contribution in [3.8, 4) is 0 Å². The first-order valence-electron chi connectivity index (χ1n) is 7.52. The Bertz CT molecular complexity index is 828. The lowest BCUT2D eigenvalue weighted by Crippen LogP contribution is -2.10. The van der Waals surface area contributed by atoms with Gasteiger partial charge in [0.05, 0.1) is 22.5 Å². The minimum absolute atomic E-state index is 0.344. The quantitative estimate of drug-likeness (QED) is 0.706. The predicted molar refractivity (Wildman–Crippen MR) is 94.1 cm³/mol. The van der Waals surface area contributed by atoms with Gasteiger partial charge in [-0.3, -0.25) is 4.98 Å². The summed E-state index contributed by atoms with van der Waals surface area (Å²) >= 11 is 1.59. The third-order valence-corrected chi connectivity index (χ3v) is 4.67. The molecular weight excluding hydrogens is 308 g/mol. The Morgan fingerprint density at radius 3 is 2.83 bits per heavy atom. The highest BCUT2D eigenvalue weighted by Crippen LogP contribution is 2.33. The molecule has 2 heterocycles. The Morgan fingerprint density at radius 2 is 2.09 bits per heavy atom. The van der Waals surface area contributed by atoms with Gasteiger partial charge in [-0.05, 0) is 30.4 Å². The van der Waals surface area contributed by atoms with Crippen LogP contribution in [0.2, 0.25) is 0 Å². The van der Waals surface area contributed by atoms with E-state index in [1.54, 1.807) is 24.5 Å². The fourth-order valence-corrected chi connectivity index (χ4v) is 3.45. The number of nitrogens with zero attached hydrogens (tertiary/aromatic N) is 1. The fraction of sp³-hybridized carbons (Fsp3) is 0.222. The normalized spacial score (nSPS) is 10.7. The molecule has 4 nitrogen and oxygen atoms in total. The molecule has 0 spiro atoms. The summed E-state index contributed by atoms with van der Waals surface area (Å²) in [6.45, 7) is 4.81. The van der Waals surface area contributed by atoms with Crippen molar-refractivity contribution in [3.05, 3.63) is 58.6 Å². The minimum atomic E-state index is -0.344. The van der Waals surface area contributed by atoms with Crippen molar-refractivity contribution in [1.29, 1.82) is 0 Å². The summed E-state index contributed by atoms with van der Waals surface area (Å²) in [7, 11) is 0. The van der Waals surface area contributed by atoms with Crippen LogP contribution in [0.3, 0.4) is 0 Å². The highest BCUT2D eigenvalue weighted by molar-refractivity contribution is 7.18. The third kappa shape index (κ3) is 3.19. The summed E-state index contributed by atoms with van der Waals surface area (Å²) in [5.41, 5.74) is 4.48. The van der Waals surface area contributed by atoms with Crippen LogP contribution in [0.4, 0.5) is 5.69 Å². The van der Waals surface area contributed by atoms with Crippen molar-refractivity contribution in [2.45, 2.75) is 20.4 Å². The maximum Gasteiger partial charge on any atom is 0.341 e. The first-order valence-corrected chi connectivity index (χ1v) is 8.40. The van der Waals surface area contributed by atoms with Crippen LogP contribution in [0.15, 0.2) is 41.9 Å². The van der Waals surface area contributed by atoms with Gasteiger partial charge in [0.25, 0.3) is 0 Å². The van der Waals surface area contributed by atoms with E-state index in [1.807, 2.05) is 25.1 Å². The molecule has 0 saturated heterocycles. The van der Waals surface area contributed by atoms with Gasteiger partial charge in [0, 0.05) is 12.7 Å². The Hall–Kier alpha value is -2.40. The number of nitrogens with one attached hydrogen (secondary N) is 1. The lowest BCUT2D eigenvalue weighted by Gasteiger charge is -2.12. The highest BCUT2D eigenvalue weighted by Gasteiger charge is 2.18. The molecule has 3 aromatic rings. The van der Waals surface area contributed by atoms with Gasteiger partial charge in [0.1, 0.15) is 5.56 Å². The molecular formula is C18H18N2O2S. The minimum Gasteiger partial charge on any atom is -0.462 e. The van der Waals surface area contributed by atoms with Gasteiger partial charge in [-0.2, -0.15) is 0 Å². The number of benzene rings is 1. The van der Waals surface area contributed by atoms with Crippen LogP contribution in [-0.4, -0.2) is 17.6 Å². The number of hydrogen-bond donors (Lipinski definition) is 1. The number of aromatic nitrogens is 1. The molecule has 0 saturated carbocycles. The third-order valence-electron chi connectivity index (χ3n) is 3.57. The molecule has 0 fully saturated rings. The molecule has 0 aliphatic rings. The smallest absolute Gasteiger partial charge is 0.341 e. The van der Waals surface area contributed by atoms with Crippen LogP contribution in [-0.2, 0) is 11.3 Å². The monoisotopic (exact) mass is 326 g/mol. The summed E-state index contributed by atoms with van der Waals surface area (Å²) in [6, 6.07) is 10.1. The Kier molecular flexibility index (Phi) is 4.57. The highest BCUT2D eigenvalue weighted by atomic mass is 32.1. The van der Waals surface area contributed by atoms with Crippen molar-refractivity contribution >= 4 is 33.2 Å². The van der Waals surface area contributed by atoms with Gasteiger partial charge in [-0.25, -0.2) is 4.79 Å². The number of ether oxygens (including phenoxy) is 1. The summed E-state index contributed by atoms with van der Waals surface area (Å²) in [4.78, 5) is 16.7. The molecule has 0 radical (unpaired) electrons. The average Bonchev–Trinajstić information content (AvgIpc) is 2.95. The van der Waals surface area contributed by atoms with E-state index < -0.39 is 0 Å². The molecule has 0 atom stereocenters. The van der Waals surface area contributed by atoms with E-state index in [0.29, 0.717) is 18.7 Å². The number of fused-ring (bicyclic) bond motifs is 1. The molecule has 23 heavy (non-hydrogen) atoms. The van der Waals surface area contributed by atoms with Crippen LogP contribution in [0.1, 0.15) is 28.4 Å². The van der Waals surface area contributed by atoms with E-state index in [0.717, 1.165) is 27.0 Å². The fourth-order valence-electron chi connectivity index (χ4n) is 2.42. The molecule has 0 aliphatic heterocycles. The average molecular weight is 326 g/mol. The van der Waals surface area contributed by atoms with E-state index in [1.165, 1.54) is 0 Å². The number of hydrogen-bond acceptors (Lipinski definition) is 5. The first-order chi connectivity index (χ1) is 11.2. The zero-order chi connectivity index (χ0) is 16.2. The van der Waals surface area contributed by atoms with E-state index in [4.69, 9.17) is 4.74 Å². The molecule has 118 valence electrons. The summed E-state index contributed by atoms with van der Waals surface area (Å²) in [5.74, 6) is -0.344. The summed E-state index contributed by atoms with van der Waals surface area (Å²) < 4.78 is 6.15. The zero-order valence-electron chi connectivity index (χ0n) is 13.1. The Morgan fingerprint density at radius 1 is 1.30 bits per heavy atom. The van der Waals surface area contributed by atoms with E-state index in [-0.39, 0.29) is 5.97 Å².